The first-order valence-corrected chi connectivity index (χ1v) is 6.55. The molecule has 0 saturated heterocycles. The van der Waals surface area contributed by atoms with Gasteiger partial charge in [-0.25, -0.2) is 4.63 Å². The predicted octanol–water partition coefficient (Wildman–Crippen LogP) is 2.24. The van der Waals surface area contributed by atoms with Crippen LogP contribution in [0.5, 0.6) is 5.75 Å². The van der Waals surface area contributed by atoms with E-state index in [0.29, 0.717) is 18.1 Å². The molecule has 6 heteroatoms. The van der Waals surface area contributed by atoms with Gasteiger partial charge in [-0.2, -0.15) is 0 Å². The maximum absolute atomic E-state index is 5.59. The predicted molar refractivity (Wildman–Crippen MR) is 74.2 cm³/mol. The van der Waals surface area contributed by atoms with E-state index in [1.807, 2.05) is 19.1 Å². The molecule has 0 unspecified atom stereocenters. The van der Waals surface area contributed by atoms with Gasteiger partial charge < -0.3 is 10.1 Å². The number of hydrogen-bond donors (Lipinski definition) is 1. The Hall–Kier alpha value is -1.95. The number of nitrogens with zero attached hydrogens (tertiary/aromatic N) is 3. The van der Waals surface area contributed by atoms with E-state index in [4.69, 9.17) is 4.74 Å². The summed E-state index contributed by atoms with van der Waals surface area (Å²) in [5.74, 6) is 0.701. The molecule has 20 heavy (non-hydrogen) atoms. The molecular weight excluding hydrogens is 256 g/mol. The molecule has 0 aliphatic heterocycles. The summed E-state index contributed by atoms with van der Waals surface area (Å²) >= 11 is 0. The van der Waals surface area contributed by atoms with Gasteiger partial charge in [0.05, 0.1) is 11.9 Å². The highest BCUT2D eigenvalue weighted by molar-refractivity contribution is 5.20. The molecule has 0 radical (unpaired) electrons. The average Bonchev–Trinajstić information content (AvgIpc) is 2.80. The topological polar surface area (TPSA) is 73.1 Å². The van der Waals surface area contributed by atoms with Crippen molar-refractivity contribution < 1.29 is 9.37 Å². The van der Waals surface area contributed by atoms with Crippen LogP contribution in [0, 0.1) is 6.92 Å². The van der Waals surface area contributed by atoms with Gasteiger partial charge in [0.15, 0.2) is 0 Å². The third kappa shape index (κ3) is 4.31. The molecule has 0 spiro atoms. The molecule has 0 amide bonds. The Morgan fingerprint density at radius 2 is 2.05 bits per heavy atom. The molecule has 0 atom stereocenters. The van der Waals surface area contributed by atoms with Gasteiger partial charge in [-0.15, -0.1) is 0 Å². The minimum Gasteiger partial charge on any atom is -0.485 e. The van der Waals surface area contributed by atoms with Crippen molar-refractivity contribution in [2.24, 2.45) is 0 Å². The van der Waals surface area contributed by atoms with Gasteiger partial charge in [0.2, 0.25) is 0 Å². The summed E-state index contributed by atoms with van der Waals surface area (Å²) in [5.41, 5.74) is 2.49. The van der Waals surface area contributed by atoms with Crippen LogP contribution in [0.15, 0.2) is 23.0 Å². The molecule has 6 nitrogen and oxygen atoms in total. The lowest BCUT2D eigenvalue weighted by molar-refractivity contribution is 0.269. The number of aryl methyl sites for hydroxylation is 1. The van der Waals surface area contributed by atoms with Gasteiger partial charge in [-0.1, -0.05) is 10.3 Å². The van der Waals surface area contributed by atoms with Crippen molar-refractivity contribution in [1.82, 2.24) is 20.6 Å². The highest BCUT2D eigenvalue weighted by Gasteiger charge is 2.09. The first kappa shape index (κ1) is 14.5. The van der Waals surface area contributed by atoms with Crippen molar-refractivity contribution in [3.63, 3.8) is 0 Å². The summed E-state index contributed by atoms with van der Waals surface area (Å²) in [7, 11) is 0. The zero-order chi connectivity index (χ0) is 14.6. The number of aromatic nitrogens is 3. The second-order valence-corrected chi connectivity index (χ2v) is 5.67. The van der Waals surface area contributed by atoms with E-state index in [1.54, 1.807) is 6.20 Å². The molecule has 2 rings (SSSR count). The smallest absolute Gasteiger partial charge is 0.145 e. The summed E-state index contributed by atoms with van der Waals surface area (Å²) in [5, 5.41) is 10.8. The van der Waals surface area contributed by atoms with Crippen LogP contribution in [0.1, 0.15) is 37.9 Å². The summed E-state index contributed by atoms with van der Waals surface area (Å²) < 4.78 is 10.2. The van der Waals surface area contributed by atoms with Gasteiger partial charge in [0.1, 0.15) is 23.7 Å². The quantitative estimate of drug-likeness (QED) is 0.903. The maximum atomic E-state index is 5.59. The molecule has 0 aliphatic carbocycles. The Balaban J connectivity index is 1.87. The summed E-state index contributed by atoms with van der Waals surface area (Å²) in [6.45, 7) is 9.26. The number of pyridine rings is 1. The Bertz CT molecular complexity index is 543. The molecular formula is C14H20N4O2. The van der Waals surface area contributed by atoms with Gasteiger partial charge in [-0.05, 0) is 39.8 Å². The van der Waals surface area contributed by atoms with Gasteiger partial charge >= 0.3 is 0 Å². The third-order valence-corrected chi connectivity index (χ3v) is 2.72. The van der Waals surface area contributed by atoms with Crippen LogP contribution in [0.2, 0.25) is 0 Å². The minimum absolute atomic E-state index is 0.0777. The Kier molecular flexibility index (Phi) is 4.34. The van der Waals surface area contributed by atoms with Gasteiger partial charge in [-0.3, -0.25) is 4.98 Å². The Morgan fingerprint density at radius 3 is 2.60 bits per heavy atom. The van der Waals surface area contributed by atoms with Crippen molar-refractivity contribution in [2.45, 2.75) is 46.4 Å². The molecule has 1 N–H and O–H groups in total. The van der Waals surface area contributed by atoms with Crippen LogP contribution >= 0.6 is 0 Å². The van der Waals surface area contributed by atoms with Crippen LogP contribution in [0.25, 0.3) is 0 Å². The molecule has 2 aromatic heterocycles. The van der Waals surface area contributed by atoms with Crippen LogP contribution in [-0.4, -0.2) is 20.8 Å². The second kappa shape index (κ2) is 6.00. The van der Waals surface area contributed by atoms with Crippen LogP contribution in [0.4, 0.5) is 0 Å². The van der Waals surface area contributed by atoms with Crippen LogP contribution in [0.3, 0.4) is 0 Å². The highest BCUT2D eigenvalue weighted by atomic mass is 16.6. The van der Waals surface area contributed by atoms with Crippen molar-refractivity contribution in [3.05, 3.63) is 35.4 Å². The van der Waals surface area contributed by atoms with E-state index in [1.165, 1.54) is 0 Å². The van der Waals surface area contributed by atoms with E-state index in [9.17, 15) is 0 Å². The van der Waals surface area contributed by atoms with Crippen molar-refractivity contribution in [1.29, 1.82) is 0 Å². The first-order valence-electron chi connectivity index (χ1n) is 6.55. The molecule has 0 fully saturated rings. The van der Waals surface area contributed by atoms with Crippen molar-refractivity contribution in [2.75, 3.05) is 0 Å². The minimum atomic E-state index is 0.0777. The van der Waals surface area contributed by atoms with E-state index in [0.717, 1.165) is 17.9 Å². The number of rotatable bonds is 5. The fraction of sp³-hybridized carbons (Fsp3) is 0.500. The molecule has 0 aromatic carbocycles. The van der Waals surface area contributed by atoms with E-state index in [2.05, 4.69) is 46.0 Å². The number of hydrogen-bond acceptors (Lipinski definition) is 6. The highest BCUT2D eigenvalue weighted by Crippen LogP contribution is 2.12. The number of ether oxygens (including phenoxy) is 1. The largest absolute Gasteiger partial charge is 0.485 e. The fourth-order valence-electron chi connectivity index (χ4n) is 1.49. The van der Waals surface area contributed by atoms with Crippen LogP contribution in [-0.2, 0) is 13.2 Å². The zero-order valence-electron chi connectivity index (χ0n) is 12.3. The molecule has 0 aliphatic rings. The standard InChI is InChI=1S/C14H20N4O2/c1-10-13(18-20-17-10)9-19-12-6-5-11(15-8-12)7-16-14(2,3)4/h5-6,8,16H,7,9H2,1-4H3. The molecule has 108 valence electrons. The zero-order valence-corrected chi connectivity index (χ0v) is 12.3. The van der Waals surface area contributed by atoms with E-state index in [-0.39, 0.29) is 5.54 Å². The third-order valence-electron chi connectivity index (χ3n) is 2.72. The monoisotopic (exact) mass is 276 g/mol. The lowest BCUT2D eigenvalue weighted by Gasteiger charge is -2.20. The summed E-state index contributed by atoms with van der Waals surface area (Å²) in [6, 6.07) is 3.84. The summed E-state index contributed by atoms with van der Waals surface area (Å²) in [6.07, 6.45) is 1.71. The Morgan fingerprint density at radius 1 is 1.25 bits per heavy atom. The van der Waals surface area contributed by atoms with Crippen LogP contribution < -0.4 is 10.1 Å². The summed E-state index contributed by atoms with van der Waals surface area (Å²) in [4.78, 5) is 4.36. The molecule has 0 saturated carbocycles. The molecule has 2 aromatic rings. The molecule has 0 bridgehead atoms. The van der Waals surface area contributed by atoms with E-state index < -0.39 is 0 Å². The maximum Gasteiger partial charge on any atom is 0.145 e. The lowest BCUT2D eigenvalue weighted by atomic mass is 10.1. The number of nitrogens with one attached hydrogen (secondary N) is 1. The van der Waals surface area contributed by atoms with Gasteiger partial charge in [0.25, 0.3) is 0 Å². The van der Waals surface area contributed by atoms with Crippen molar-refractivity contribution in [3.8, 4) is 5.75 Å². The Labute approximate surface area is 118 Å². The normalized spacial score (nSPS) is 11.6. The fourth-order valence-corrected chi connectivity index (χ4v) is 1.49. The lowest BCUT2D eigenvalue weighted by Crippen LogP contribution is -2.35. The second-order valence-electron chi connectivity index (χ2n) is 5.67. The van der Waals surface area contributed by atoms with Crippen molar-refractivity contribution >= 4 is 0 Å². The average molecular weight is 276 g/mol. The molecule has 2 heterocycles. The SMILES string of the molecule is Cc1nonc1COc1ccc(CNC(C)(C)C)nc1. The van der Waals surface area contributed by atoms with Gasteiger partial charge in [0, 0.05) is 12.1 Å². The van der Waals surface area contributed by atoms with E-state index >= 15 is 0 Å². The first-order chi connectivity index (χ1) is 9.44.